The van der Waals surface area contributed by atoms with Gasteiger partial charge in [0.05, 0.1) is 22.8 Å². The standard InChI is InChI=1S/C30H20N4/c31-25-16-15-22-13-11-19-12-14-23(17-24(19)28(22)29(25)32)30-33-26(20-7-3-1-4-8-20)18-27(34-30)21-9-5-2-6-10-21/h1-18,31-32H. The summed E-state index contributed by atoms with van der Waals surface area (Å²) in [4.78, 5) is 9.86. The number of allylic oxidation sites excluding steroid dienone is 1. The van der Waals surface area contributed by atoms with Crippen molar-refractivity contribution in [3.8, 4) is 33.9 Å². The fraction of sp³-hybridized carbons (Fsp3) is 0. The fourth-order valence-electron chi connectivity index (χ4n) is 4.37. The van der Waals surface area contributed by atoms with Crippen LogP contribution in [-0.4, -0.2) is 21.4 Å². The fourth-order valence-corrected chi connectivity index (χ4v) is 4.37. The van der Waals surface area contributed by atoms with Gasteiger partial charge in [-0.05, 0) is 34.5 Å². The maximum atomic E-state index is 8.52. The minimum atomic E-state index is 0.221. The first-order chi connectivity index (χ1) is 16.7. The maximum absolute atomic E-state index is 8.52. The summed E-state index contributed by atoms with van der Waals surface area (Å²) in [6, 6.07) is 32.5. The number of hydrogen-bond acceptors (Lipinski definition) is 4. The Kier molecular flexibility index (Phi) is 4.70. The third-order valence-corrected chi connectivity index (χ3v) is 6.13. The molecule has 160 valence electrons. The second kappa shape index (κ2) is 8.01. The van der Waals surface area contributed by atoms with Crippen LogP contribution in [0.5, 0.6) is 0 Å². The molecule has 0 saturated carbocycles. The molecule has 4 nitrogen and oxygen atoms in total. The first-order valence-electron chi connectivity index (χ1n) is 11.1. The third-order valence-electron chi connectivity index (χ3n) is 6.13. The lowest BCUT2D eigenvalue weighted by molar-refractivity contribution is 1.18. The number of nitrogens with zero attached hydrogens (tertiary/aromatic N) is 2. The van der Waals surface area contributed by atoms with Gasteiger partial charge in [-0.15, -0.1) is 0 Å². The summed E-state index contributed by atoms with van der Waals surface area (Å²) < 4.78 is 0. The van der Waals surface area contributed by atoms with Crippen LogP contribution >= 0.6 is 0 Å². The molecule has 0 saturated heterocycles. The number of rotatable bonds is 3. The number of nitrogens with one attached hydrogen (secondary N) is 2. The van der Waals surface area contributed by atoms with E-state index in [1.165, 1.54) is 0 Å². The minimum Gasteiger partial charge on any atom is -0.299 e. The van der Waals surface area contributed by atoms with Crippen LogP contribution in [0.4, 0.5) is 0 Å². The molecule has 1 aliphatic carbocycles. The molecule has 34 heavy (non-hydrogen) atoms. The molecule has 1 aromatic heterocycles. The molecule has 4 aromatic carbocycles. The zero-order valence-corrected chi connectivity index (χ0v) is 18.3. The van der Waals surface area contributed by atoms with E-state index < -0.39 is 0 Å². The highest BCUT2D eigenvalue weighted by Gasteiger charge is 2.19. The van der Waals surface area contributed by atoms with Crippen LogP contribution in [0.3, 0.4) is 0 Å². The predicted molar refractivity (Wildman–Crippen MR) is 139 cm³/mol. The van der Waals surface area contributed by atoms with Crippen molar-refractivity contribution in [2.45, 2.75) is 0 Å². The van der Waals surface area contributed by atoms with Crippen LogP contribution in [0, 0.1) is 10.8 Å². The van der Waals surface area contributed by atoms with E-state index in [1.807, 2.05) is 72.8 Å². The van der Waals surface area contributed by atoms with Gasteiger partial charge >= 0.3 is 0 Å². The Morgan fingerprint density at radius 3 is 1.82 bits per heavy atom. The molecule has 0 aliphatic heterocycles. The predicted octanol–water partition coefficient (Wildman–Crippen LogP) is 7.05. The van der Waals surface area contributed by atoms with E-state index in [4.69, 9.17) is 20.8 Å². The molecule has 0 bridgehead atoms. The molecule has 2 N–H and O–H groups in total. The second-order valence-corrected chi connectivity index (χ2v) is 8.28. The van der Waals surface area contributed by atoms with Crippen molar-refractivity contribution in [1.82, 2.24) is 9.97 Å². The van der Waals surface area contributed by atoms with Gasteiger partial charge in [0, 0.05) is 22.3 Å². The Labute approximate surface area is 197 Å². The highest BCUT2D eigenvalue weighted by molar-refractivity contribution is 6.53. The molecule has 0 fully saturated rings. The second-order valence-electron chi connectivity index (χ2n) is 8.28. The summed E-state index contributed by atoms with van der Waals surface area (Å²) >= 11 is 0. The lowest BCUT2D eigenvalue weighted by Crippen LogP contribution is -2.16. The van der Waals surface area contributed by atoms with Crippen molar-refractivity contribution in [3.63, 3.8) is 0 Å². The third kappa shape index (κ3) is 3.42. The molecule has 5 aromatic rings. The summed E-state index contributed by atoms with van der Waals surface area (Å²) in [7, 11) is 0. The Bertz CT molecular complexity index is 1560. The quantitative estimate of drug-likeness (QED) is 0.318. The van der Waals surface area contributed by atoms with Gasteiger partial charge in [0.1, 0.15) is 0 Å². The van der Waals surface area contributed by atoms with Crippen LogP contribution in [0.25, 0.3) is 50.8 Å². The maximum Gasteiger partial charge on any atom is 0.160 e. The van der Waals surface area contributed by atoms with E-state index in [1.54, 1.807) is 6.08 Å². The first-order valence-corrected chi connectivity index (χ1v) is 11.1. The zero-order valence-electron chi connectivity index (χ0n) is 18.3. The summed E-state index contributed by atoms with van der Waals surface area (Å²) in [5, 5.41) is 18.6. The van der Waals surface area contributed by atoms with Crippen molar-refractivity contribution in [3.05, 3.63) is 114 Å². The van der Waals surface area contributed by atoms with Crippen LogP contribution in [0.15, 0.2) is 103 Å². The lowest BCUT2D eigenvalue weighted by Gasteiger charge is -2.16. The molecule has 0 atom stereocenters. The highest BCUT2D eigenvalue weighted by atomic mass is 14.9. The molecule has 0 spiro atoms. The number of benzene rings is 4. The normalized spacial score (nSPS) is 12.7. The van der Waals surface area contributed by atoms with E-state index in [2.05, 4.69) is 30.3 Å². The van der Waals surface area contributed by atoms with Crippen molar-refractivity contribution < 1.29 is 0 Å². The van der Waals surface area contributed by atoms with Crippen molar-refractivity contribution in [2.75, 3.05) is 0 Å². The van der Waals surface area contributed by atoms with Crippen LogP contribution < -0.4 is 0 Å². The van der Waals surface area contributed by atoms with Gasteiger partial charge in [0.15, 0.2) is 5.82 Å². The summed E-state index contributed by atoms with van der Waals surface area (Å²) in [5.74, 6) is 0.632. The molecule has 4 heteroatoms. The van der Waals surface area contributed by atoms with Gasteiger partial charge in [0.2, 0.25) is 0 Å². The summed E-state index contributed by atoms with van der Waals surface area (Å²) in [6.45, 7) is 0. The first kappa shape index (κ1) is 19.9. The molecule has 0 unspecified atom stereocenters. The topological polar surface area (TPSA) is 73.5 Å². The van der Waals surface area contributed by atoms with E-state index >= 15 is 0 Å². The van der Waals surface area contributed by atoms with E-state index in [9.17, 15) is 0 Å². The van der Waals surface area contributed by atoms with Crippen LogP contribution in [-0.2, 0) is 0 Å². The summed E-state index contributed by atoms with van der Waals surface area (Å²) in [5.41, 5.74) is 6.86. The molecule has 1 aliphatic rings. The summed E-state index contributed by atoms with van der Waals surface area (Å²) in [6.07, 6.45) is 3.58. The Morgan fingerprint density at radius 2 is 1.18 bits per heavy atom. The number of aromatic nitrogens is 2. The Hall–Kier alpha value is -4.70. The minimum absolute atomic E-state index is 0.221. The number of hydrogen-bond donors (Lipinski definition) is 2. The van der Waals surface area contributed by atoms with Gasteiger partial charge in [-0.1, -0.05) is 91.0 Å². The van der Waals surface area contributed by atoms with E-state index in [-0.39, 0.29) is 11.4 Å². The molecule has 0 radical (unpaired) electrons. The average Bonchev–Trinajstić information content (AvgIpc) is 2.91. The monoisotopic (exact) mass is 436 g/mol. The van der Waals surface area contributed by atoms with Crippen molar-refractivity contribution in [2.24, 2.45) is 0 Å². The van der Waals surface area contributed by atoms with Crippen molar-refractivity contribution in [1.29, 1.82) is 10.8 Å². The SMILES string of the molecule is N=C1C=Cc2ccc3ccc(-c4nc(-c5ccccc5)cc(-c5ccccc5)n4)cc3c2C1=N. The highest BCUT2D eigenvalue weighted by Crippen LogP contribution is 2.32. The van der Waals surface area contributed by atoms with Gasteiger partial charge in [-0.2, -0.15) is 0 Å². The molecular formula is C30H20N4. The number of fused-ring (bicyclic) bond motifs is 3. The molecule has 1 heterocycles. The van der Waals surface area contributed by atoms with Crippen LogP contribution in [0.2, 0.25) is 0 Å². The molecular weight excluding hydrogens is 416 g/mol. The van der Waals surface area contributed by atoms with Gasteiger partial charge in [-0.25, -0.2) is 9.97 Å². The van der Waals surface area contributed by atoms with Crippen molar-refractivity contribution >= 4 is 28.3 Å². The zero-order chi connectivity index (χ0) is 23.1. The molecule has 0 amide bonds. The largest absolute Gasteiger partial charge is 0.299 e. The van der Waals surface area contributed by atoms with E-state index in [0.29, 0.717) is 5.82 Å². The van der Waals surface area contributed by atoms with Gasteiger partial charge < -0.3 is 0 Å². The Balaban J connectivity index is 1.58. The van der Waals surface area contributed by atoms with Gasteiger partial charge in [-0.3, -0.25) is 10.8 Å². The van der Waals surface area contributed by atoms with Gasteiger partial charge in [0.25, 0.3) is 0 Å². The Morgan fingerprint density at radius 1 is 0.559 bits per heavy atom. The smallest absolute Gasteiger partial charge is 0.160 e. The lowest BCUT2D eigenvalue weighted by atomic mass is 9.88. The van der Waals surface area contributed by atoms with Crippen LogP contribution in [0.1, 0.15) is 11.1 Å². The average molecular weight is 437 g/mol. The van der Waals surface area contributed by atoms with E-state index in [0.717, 1.165) is 50.0 Å². The molecule has 6 rings (SSSR count).